The monoisotopic (exact) mass is 320 g/mol. The summed E-state index contributed by atoms with van der Waals surface area (Å²) in [6.07, 6.45) is 0. The number of nitrogens with zero attached hydrogens (tertiary/aromatic N) is 1. The van der Waals surface area contributed by atoms with Crippen LogP contribution in [0.2, 0.25) is 0 Å². The maximum Gasteiger partial charge on any atom is 0.292 e. The first kappa shape index (κ1) is 16.7. The van der Waals surface area contributed by atoms with Crippen LogP contribution in [0.3, 0.4) is 0 Å². The molecule has 0 radical (unpaired) electrons. The van der Waals surface area contributed by atoms with Gasteiger partial charge < -0.3 is 15.2 Å². The number of halogens is 1. The highest BCUT2D eigenvalue weighted by atomic mass is 19.1. The molecule has 1 unspecified atom stereocenters. The van der Waals surface area contributed by atoms with E-state index in [9.17, 15) is 19.6 Å². The van der Waals surface area contributed by atoms with Crippen molar-refractivity contribution in [3.05, 3.63) is 63.5 Å². The SMILES string of the molecule is COc1ccc(C(C)Nc2cc(CO)ccc2[N+](=O)[O-])cc1F. The van der Waals surface area contributed by atoms with Crippen LogP contribution in [-0.2, 0) is 6.61 Å². The second-order valence-corrected chi connectivity index (χ2v) is 5.03. The zero-order chi connectivity index (χ0) is 17.0. The van der Waals surface area contributed by atoms with Crippen LogP contribution in [0.1, 0.15) is 24.1 Å². The van der Waals surface area contributed by atoms with Crippen molar-refractivity contribution in [2.75, 3.05) is 12.4 Å². The van der Waals surface area contributed by atoms with E-state index in [1.165, 1.54) is 37.4 Å². The number of ether oxygens (including phenoxy) is 1. The third-order valence-corrected chi connectivity index (χ3v) is 3.49. The quantitative estimate of drug-likeness (QED) is 0.629. The lowest BCUT2D eigenvalue weighted by Crippen LogP contribution is -2.09. The highest BCUT2D eigenvalue weighted by molar-refractivity contribution is 5.63. The molecule has 0 bridgehead atoms. The number of methoxy groups -OCH3 is 1. The van der Waals surface area contributed by atoms with E-state index in [0.29, 0.717) is 11.1 Å². The van der Waals surface area contributed by atoms with Gasteiger partial charge in [-0.25, -0.2) is 4.39 Å². The smallest absolute Gasteiger partial charge is 0.292 e. The molecule has 0 spiro atoms. The van der Waals surface area contributed by atoms with Gasteiger partial charge in [-0.2, -0.15) is 0 Å². The molecule has 0 aliphatic heterocycles. The molecule has 0 aliphatic carbocycles. The summed E-state index contributed by atoms with van der Waals surface area (Å²) in [6.45, 7) is 1.54. The molecular weight excluding hydrogens is 303 g/mol. The number of rotatable bonds is 6. The lowest BCUT2D eigenvalue weighted by atomic mass is 10.1. The molecule has 23 heavy (non-hydrogen) atoms. The number of aliphatic hydroxyl groups is 1. The Hall–Kier alpha value is -2.67. The van der Waals surface area contributed by atoms with Gasteiger partial charge in [0.1, 0.15) is 5.69 Å². The fraction of sp³-hybridized carbons (Fsp3) is 0.250. The van der Waals surface area contributed by atoms with Crippen LogP contribution >= 0.6 is 0 Å². The molecule has 0 aliphatic rings. The Kier molecular flexibility index (Phi) is 5.13. The zero-order valence-electron chi connectivity index (χ0n) is 12.7. The summed E-state index contributed by atoms with van der Waals surface area (Å²) in [7, 11) is 1.38. The van der Waals surface area contributed by atoms with Gasteiger partial charge in [-0.15, -0.1) is 0 Å². The van der Waals surface area contributed by atoms with Crippen molar-refractivity contribution < 1.29 is 19.2 Å². The van der Waals surface area contributed by atoms with Crippen LogP contribution in [-0.4, -0.2) is 17.1 Å². The average molecular weight is 320 g/mol. The van der Waals surface area contributed by atoms with Gasteiger partial charge in [0.05, 0.1) is 18.6 Å². The van der Waals surface area contributed by atoms with E-state index in [0.717, 1.165) is 0 Å². The minimum Gasteiger partial charge on any atom is -0.494 e. The number of nitro benzene ring substituents is 1. The first-order chi connectivity index (χ1) is 11.0. The maximum absolute atomic E-state index is 13.8. The number of aliphatic hydroxyl groups excluding tert-OH is 1. The Balaban J connectivity index is 2.30. The maximum atomic E-state index is 13.8. The average Bonchev–Trinajstić information content (AvgIpc) is 2.54. The van der Waals surface area contributed by atoms with E-state index < -0.39 is 10.7 Å². The van der Waals surface area contributed by atoms with Crippen LogP contribution in [0.25, 0.3) is 0 Å². The van der Waals surface area contributed by atoms with Crippen molar-refractivity contribution in [3.8, 4) is 5.75 Å². The van der Waals surface area contributed by atoms with Gasteiger partial charge in [0.25, 0.3) is 5.69 Å². The third-order valence-electron chi connectivity index (χ3n) is 3.49. The molecule has 2 rings (SSSR count). The van der Waals surface area contributed by atoms with Gasteiger partial charge in [-0.1, -0.05) is 6.07 Å². The summed E-state index contributed by atoms with van der Waals surface area (Å²) in [5.74, 6) is -0.369. The molecular formula is C16H17FN2O4. The van der Waals surface area contributed by atoms with Crippen LogP contribution in [0.15, 0.2) is 36.4 Å². The minimum atomic E-state index is -0.509. The van der Waals surface area contributed by atoms with Crippen molar-refractivity contribution in [1.82, 2.24) is 0 Å². The fourth-order valence-corrected chi connectivity index (χ4v) is 2.22. The van der Waals surface area contributed by atoms with Gasteiger partial charge in [0, 0.05) is 12.1 Å². The predicted molar refractivity (Wildman–Crippen MR) is 84.0 cm³/mol. The molecule has 2 aromatic carbocycles. The molecule has 1 atom stereocenters. The fourth-order valence-electron chi connectivity index (χ4n) is 2.22. The Morgan fingerprint density at radius 2 is 2.09 bits per heavy atom. The van der Waals surface area contributed by atoms with E-state index in [2.05, 4.69) is 5.32 Å². The lowest BCUT2D eigenvalue weighted by molar-refractivity contribution is -0.384. The highest BCUT2D eigenvalue weighted by Crippen LogP contribution is 2.30. The second kappa shape index (κ2) is 7.06. The van der Waals surface area contributed by atoms with E-state index in [1.54, 1.807) is 13.0 Å². The summed E-state index contributed by atoms with van der Waals surface area (Å²) in [5, 5.41) is 23.3. The topological polar surface area (TPSA) is 84.6 Å². The first-order valence-corrected chi connectivity index (χ1v) is 6.94. The molecule has 0 heterocycles. The van der Waals surface area contributed by atoms with Gasteiger partial charge in [0.15, 0.2) is 11.6 Å². The largest absolute Gasteiger partial charge is 0.494 e. The summed E-state index contributed by atoms with van der Waals surface area (Å²) in [6, 6.07) is 8.45. The van der Waals surface area contributed by atoms with Crippen molar-refractivity contribution in [2.24, 2.45) is 0 Å². The predicted octanol–water partition coefficient (Wildman–Crippen LogP) is 3.41. The van der Waals surface area contributed by atoms with Crippen LogP contribution < -0.4 is 10.1 Å². The van der Waals surface area contributed by atoms with Crippen LogP contribution in [0.5, 0.6) is 5.75 Å². The molecule has 6 nitrogen and oxygen atoms in total. The molecule has 0 saturated heterocycles. The molecule has 0 saturated carbocycles. The normalized spacial score (nSPS) is 11.8. The Morgan fingerprint density at radius 1 is 1.35 bits per heavy atom. The van der Waals surface area contributed by atoms with Crippen molar-refractivity contribution >= 4 is 11.4 Å². The van der Waals surface area contributed by atoms with Crippen molar-refractivity contribution in [2.45, 2.75) is 19.6 Å². The second-order valence-electron chi connectivity index (χ2n) is 5.03. The van der Waals surface area contributed by atoms with E-state index >= 15 is 0 Å². The Morgan fingerprint density at radius 3 is 2.65 bits per heavy atom. The van der Waals surface area contributed by atoms with E-state index in [1.807, 2.05) is 0 Å². The third kappa shape index (κ3) is 3.75. The Labute approximate surface area is 132 Å². The molecule has 122 valence electrons. The molecule has 0 aromatic heterocycles. The summed E-state index contributed by atoms with van der Waals surface area (Å²) in [4.78, 5) is 10.6. The van der Waals surface area contributed by atoms with Crippen LogP contribution in [0.4, 0.5) is 15.8 Å². The molecule has 2 aromatic rings. The zero-order valence-corrected chi connectivity index (χ0v) is 12.7. The number of anilines is 1. The number of benzene rings is 2. The molecule has 0 fully saturated rings. The van der Waals surface area contributed by atoms with Crippen molar-refractivity contribution in [1.29, 1.82) is 0 Å². The van der Waals surface area contributed by atoms with Gasteiger partial charge in [-0.05, 0) is 42.3 Å². The number of hydrogen-bond acceptors (Lipinski definition) is 5. The standard InChI is InChI=1S/C16H17FN2O4/c1-10(12-4-6-16(23-2)13(17)8-12)18-14-7-11(9-20)3-5-15(14)19(21)22/h3-8,10,18,20H,9H2,1-2H3. The molecule has 7 heteroatoms. The minimum absolute atomic E-state index is 0.108. The molecule has 0 amide bonds. The number of nitro groups is 1. The van der Waals surface area contributed by atoms with Crippen LogP contribution in [0, 0.1) is 15.9 Å². The Bertz CT molecular complexity index is 721. The molecule has 2 N–H and O–H groups in total. The van der Waals surface area contributed by atoms with E-state index in [4.69, 9.17) is 4.74 Å². The van der Waals surface area contributed by atoms with E-state index in [-0.39, 0.29) is 29.8 Å². The number of nitrogens with one attached hydrogen (secondary N) is 1. The lowest BCUT2D eigenvalue weighted by Gasteiger charge is -2.17. The first-order valence-electron chi connectivity index (χ1n) is 6.94. The van der Waals surface area contributed by atoms with Gasteiger partial charge in [-0.3, -0.25) is 10.1 Å². The van der Waals surface area contributed by atoms with Crippen molar-refractivity contribution in [3.63, 3.8) is 0 Å². The number of hydrogen-bond donors (Lipinski definition) is 2. The summed E-state index contributed by atoms with van der Waals surface area (Å²) < 4.78 is 18.6. The summed E-state index contributed by atoms with van der Waals surface area (Å²) in [5.41, 5.74) is 1.33. The van der Waals surface area contributed by atoms with Gasteiger partial charge in [0.2, 0.25) is 0 Å². The van der Waals surface area contributed by atoms with Gasteiger partial charge >= 0.3 is 0 Å². The summed E-state index contributed by atoms with van der Waals surface area (Å²) >= 11 is 0. The highest BCUT2D eigenvalue weighted by Gasteiger charge is 2.17.